The van der Waals surface area contributed by atoms with Crippen LogP contribution in [0.1, 0.15) is 47.0 Å². The van der Waals surface area contributed by atoms with E-state index in [2.05, 4.69) is 27.7 Å². The maximum absolute atomic E-state index is 2.42. The fourth-order valence-electron chi connectivity index (χ4n) is 2.42. The SMILES string of the molecule is CCC(C)C(C(C)C)C1CC1. The lowest BCUT2D eigenvalue weighted by Gasteiger charge is -2.26. The van der Waals surface area contributed by atoms with Crippen molar-refractivity contribution in [3.05, 3.63) is 0 Å². The van der Waals surface area contributed by atoms with E-state index in [0.29, 0.717) is 0 Å². The lowest BCUT2D eigenvalue weighted by Crippen LogP contribution is -2.19. The van der Waals surface area contributed by atoms with Crippen molar-refractivity contribution in [1.82, 2.24) is 0 Å². The van der Waals surface area contributed by atoms with Crippen molar-refractivity contribution in [3.63, 3.8) is 0 Å². The van der Waals surface area contributed by atoms with Crippen LogP contribution in [0.5, 0.6) is 0 Å². The fourth-order valence-corrected chi connectivity index (χ4v) is 2.42. The average Bonchev–Trinajstić information content (AvgIpc) is 2.71. The molecule has 66 valence electrons. The molecule has 0 radical (unpaired) electrons. The van der Waals surface area contributed by atoms with Gasteiger partial charge in [0.25, 0.3) is 0 Å². The van der Waals surface area contributed by atoms with Crippen LogP contribution < -0.4 is 0 Å². The Kier molecular flexibility index (Phi) is 2.98. The fraction of sp³-hybridized carbons (Fsp3) is 1.00. The molecule has 0 aromatic heterocycles. The summed E-state index contributed by atoms with van der Waals surface area (Å²) in [4.78, 5) is 0. The number of rotatable bonds is 4. The second-order valence-corrected chi connectivity index (χ2v) is 4.54. The predicted octanol–water partition coefficient (Wildman–Crippen LogP) is 3.71. The minimum absolute atomic E-state index is 0.900. The third kappa shape index (κ3) is 2.21. The highest BCUT2D eigenvalue weighted by Gasteiger charge is 2.35. The van der Waals surface area contributed by atoms with Gasteiger partial charge >= 0.3 is 0 Å². The van der Waals surface area contributed by atoms with E-state index in [9.17, 15) is 0 Å². The quantitative estimate of drug-likeness (QED) is 0.579. The number of hydrogen-bond acceptors (Lipinski definition) is 0. The maximum Gasteiger partial charge on any atom is -0.0337 e. The van der Waals surface area contributed by atoms with Crippen LogP contribution in [0.3, 0.4) is 0 Å². The van der Waals surface area contributed by atoms with Gasteiger partial charge in [-0.05, 0) is 36.5 Å². The number of hydrogen-bond donors (Lipinski definition) is 0. The summed E-state index contributed by atoms with van der Waals surface area (Å²) in [5, 5.41) is 0. The van der Waals surface area contributed by atoms with Gasteiger partial charge in [-0.1, -0.05) is 34.1 Å². The molecule has 1 aliphatic rings. The summed E-state index contributed by atoms with van der Waals surface area (Å²) < 4.78 is 0. The first-order valence-electron chi connectivity index (χ1n) is 5.16. The molecule has 11 heavy (non-hydrogen) atoms. The summed E-state index contributed by atoms with van der Waals surface area (Å²) >= 11 is 0. The van der Waals surface area contributed by atoms with E-state index >= 15 is 0 Å². The normalized spacial score (nSPS) is 23.7. The zero-order chi connectivity index (χ0) is 8.43. The van der Waals surface area contributed by atoms with Crippen molar-refractivity contribution in [2.75, 3.05) is 0 Å². The van der Waals surface area contributed by atoms with E-state index in [4.69, 9.17) is 0 Å². The third-order valence-electron chi connectivity index (χ3n) is 3.24. The molecule has 0 N–H and O–H groups in total. The molecule has 0 nitrogen and oxygen atoms in total. The Morgan fingerprint density at radius 2 is 1.73 bits per heavy atom. The van der Waals surface area contributed by atoms with Gasteiger partial charge in [-0.15, -0.1) is 0 Å². The zero-order valence-electron chi connectivity index (χ0n) is 8.43. The van der Waals surface area contributed by atoms with Crippen LogP contribution in [0.4, 0.5) is 0 Å². The summed E-state index contributed by atoms with van der Waals surface area (Å²) in [6.45, 7) is 9.51. The molecule has 2 atom stereocenters. The highest BCUT2D eigenvalue weighted by molar-refractivity contribution is 4.85. The van der Waals surface area contributed by atoms with Gasteiger partial charge in [-0.25, -0.2) is 0 Å². The molecule has 1 rings (SSSR count). The lowest BCUT2D eigenvalue weighted by molar-refractivity contribution is 0.231. The molecule has 2 unspecified atom stereocenters. The first-order valence-corrected chi connectivity index (χ1v) is 5.16. The van der Waals surface area contributed by atoms with Gasteiger partial charge in [0, 0.05) is 0 Å². The van der Waals surface area contributed by atoms with Crippen molar-refractivity contribution in [2.24, 2.45) is 23.7 Å². The standard InChI is InChI=1S/C11H22/c1-5-9(4)11(8(2)3)10-6-7-10/h8-11H,5-7H2,1-4H3. The summed E-state index contributed by atoms with van der Waals surface area (Å²) in [6.07, 6.45) is 4.37. The Hall–Kier alpha value is 0. The third-order valence-corrected chi connectivity index (χ3v) is 3.24. The van der Waals surface area contributed by atoms with Crippen LogP contribution in [-0.2, 0) is 0 Å². The summed E-state index contributed by atoms with van der Waals surface area (Å²) in [5.74, 6) is 3.95. The first-order chi connectivity index (χ1) is 5.16. The minimum Gasteiger partial charge on any atom is -0.0651 e. The summed E-state index contributed by atoms with van der Waals surface area (Å²) in [7, 11) is 0. The van der Waals surface area contributed by atoms with Crippen molar-refractivity contribution in [2.45, 2.75) is 47.0 Å². The van der Waals surface area contributed by atoms with E-state index in [1.165, 1.54) is 19.3 Å². The van der Waals surface area contributed by atoms with Gasteiger partial charge in [-0.3, -0.25) is 0 Å². The largest absolute Gasteiger partial charge is 0.0651 e. The lowest BCUT2D eigenvalue weighted by atomic mass is 9.79. The van der Waals surface area contributed by atoms with Crippen LogP contribution in [-0.4, -0.2) is 0 Å². The second-order valence-electron chi connectivity index (χ2n) is 4.54. The molecule has 0 amide bonds. The topological polar surface area (TPSA) is 0 Å². The van der Waals surface area contributed by atoms with Crippen molar-refractivity contribution < 1.29 is 0 Å². The molecular formula is C11H22. The molecular weight excluding hydrogens is 132 g/mol. The maximum atomic E-state index is 2.42. The average molecular weight is 154 g/mol. The van der Waals surface area contributed by atoms with Crippen LogP contribution in [0.15, 0.2) is 0 Å². The van der Waals surface area contributed by atoms with E-state index in [-0.39, 0.29) is 0 Å². The molecule has 0 saturated heterocycles. The molecule has 1 aliphatic carbocycles. The van der Waals surface area contributed by atoms with Gasteiger partial charge in [0.05, 0.1) is 0 Å². The minimum atomic E-state index is 0.900. The Balaban J connectivity index is 2.44. The highest BCUT2D eigenvalue weighted by Crippen LogP contribution is 2.44. The Bertz CT molecular complexity index is 109. The Labute approximate surface area is 71.4 Å². The Morgan fingerprint density at radius 1 is 1.18 bits per heavy atom. The second kappa shape index (κ2) is 3.60. The van der Waals surface area contributed by atoms with E-state index in [1.807, 2.05) is 0 Å². The summed E-state index contributed by atoms with van der Waals surface area (Å²) in [5.41, 5.74) is 0. The van der Waals surface area contributed by atoms with E-state index in [0.717, 1.165) is 23.7 Å². The summed E-state index contributed by atoms with van der Waals surface area (Å²) in [6, 6.07) is 0. The van der Waals surface area contributed by atoms with Crippen LogP contribution in [0.25, 0.3) is 0 Å². The molecule has 0 aromatic rings. The van der Waals surface area contributed by atoms with Crippen LogP contribution >= 0.6 is 0 Å². The monoisotopic (exact) mass is 154 g/mol. The molecule has 0 heteroatoms. The molecule has 0 aliphatic heterocycles. The molecule has 0 spiro atoms. The van der Waals surface area contributed by atoms with Crippen molar-refractivity contribution >= 4 is 0 Å². The first kappa shape index (κ1) is 9.09. The molecule has 0 heterocycles. The zero-order valence-corrected chi connectivity index (χ0v) is 8.43. The van der Waals surface area contributed by atoms with E-state index in [1.54, 1.807) is 0 Å². The van der Waals surface area contributed by atoms with Gasteiger partial charge in [0.1, 0.15) is 0 Å². The van der Waals surface area contributed by atoms with Gasteiger partial charge in [0.15, 0.2) is 0 Å². The molecule has 1 saturated carbocycles. The van der Waals surface area contributed by atoms with Crippen molar-refractivity contribution in [3.8, 4) is 0 Å². The van der Waals surface area contributed by atoms with Gasteiger partial charge in [-0.2, -0.15) is 0 Å². The smallest absolute Gasteiger partial charge is 0.0337 e. The Morgan fingerprint density at radius 3 is 2.00 bits per heavy atom. The van der Waals surface area contributed by atoms with Crippen LogP contribution in [0, 0.1) is 23.7 Å². The van der Waals surface area contributed by atoms with Gasteiger partial charge < -0.3 is 0 Å². The molecule has 0 bridgehead atoms. The predicted molar refractivity (Wildman–Crippen MR) is 50.5 cm³/mol. The van der Waals surface area contributed by atoms with E-state index < -0.39 is 0 Å². The highest BCUT2D eigenvalue weighted by atomic mass is 14.4. The molecule has 0 aromatic carbocycles. The molecule has 1 fully saturated rings. The van der Waals surface area contributed by atoms with Crippen LogP contribution in [0.2, 0.25) is 0 Å². The van der Waals surface area contributed by atoms with Crippen molar-refractivity contribution in [1.29, 1.82) is 0 Å². The van der Waals surface area contributed by atoms with Gasteiger partial charge in [0.2, 0.25) is 0 Å².